The van der Waals surface area contributed by atoms with E-state index in [0.29, 0.717) is 5.41 Å². The van der Waals surface area contributed by atoms with Crippen molar-refractivity contribution in [1.82, 2.24) is 4.98 Å². The van der Waals surface area contributed by atoms with Gasteiger partial charge in [-0.3, -0.25) is 4.98 Å². The lowest BCUT2D eigenvalue weighted by atomic mass is 9.88. The highest BCUT2D eigenvalue weighted by atomic mass is 14.7. The maximum absolute atomic E-state index is 4.52. The van der Waals surface area contributed by atoms with Crippen LogP contribution < -0.4 is 0 Å². The number of hydrogen-bond donors (Lipinski definition) is 0. The Hall–Kier alpha value is -1.89. The van der Waals surface area contributed by atoms with Crippen molar-refractivity contribution in [3.63, 3.8) is 0 Å². The van der Waals surface area contributed by atoms with Crippen molar-refractivity contribution in [2.75, 3.05) is 0 Å². The van der Waals surface area contributed by atoms with Crippen molar-refractivity contribution < 1.29 is 0 Å². The molecule has 1 unspecified atom stereocenters. The molecule has 0 radical (unpaired) electrons. The van der Waals surface area contributed by atoms with Gasteiger partial charge in [-0.15, -0.1) is 0 Å². The van der Waals surface area contributed by atoms with Crippen molar-refractivity contribution in [3.05, 3.63) is 60.3 Å². The van der Waals surface area contributed by atoms with Crippen LogP contribution in [0.15, 0.2) is 49.2 Å². The molecule has 0 bridgehead atoms. The highest BCUT2D eigenvalue weighted by molar-refractivity contribution is 5.70. The molecule has 0 amide bonds. The van der Waals surface area contributed by atoms with Crippen molar-refractivity contribution in [2.45, 2.75) is 25.7 Å². The molecular formula is C18H19N. The second-order valence-corrected chi connectivity index (χ2v) is 5.75. The Morgan fingerprint density at radius 2 is 2.11 bits per heavy atom. The molecule has 1 fully saturated rings. The number of nitrogens with zero attached hydrogens (tertiary/aromatic N) is 1. The van der Waals surface area contributed by atoms with Gasteiger partial charge >= 0.3 is 0 Å². The maximum atomic E-state index is 4.52. The third-order valence-corrected chi connectivity index (χ3v) is 4.49. The standard InChI is InChI=1S/C18H19N/c1-4-14-8-9-16(18(3)12-13(18)2)15(11-14)17-7-5-6-10-19-17/h4-11,13H,1,12H2,2-3H3/t13-,18?/m1/s1. The molecule has 2 atom stereocenters. The minimum absolute atomic E-state index is 0.312. The van der Waals surface area contributed by atoms with Crippen LogP contribution in [0.1, 0.15) is 31.4 Å². The summed E-state index contributed by atoms with van der Waals surface area (Å²) in [7, 11) is 0. The van der Waals surface area contributed by atoms with Gasteiger partial charge in [0.2, 0.25) is 0 Å². The molecule has 0 saturated heterocycles. The van der Waals surface area contributed by atoms with E-state index in [2.05, 4.69) is 49.7 Å². The Morgan fingerprint density at radius 1 is 1.32 bits per heavy atom. The first-order valence-corrected chi connectivity index (χ1v) is 6.83. The van der Waals surface area contributed by atoms with Gasteiger partial charge < -0.3 is 0 Å². The SMILES string of the molecule is C=Cc1ccc(C2(C)C[C@H]2C)c(-c2ccccn2)c1. The quantitative estimate of drug-likeness (QED) is 0.769. The van der Waals surface area contributed by atoms with Crippen LogP contribution in [0.2, 0.25) is 0 Å². The van der Waals surface area contributed by atoms with Gasteiger partial charge in [-0.1, -0.05) is 44.7 Å². The Morgan fingerprint density at radius 3 is 2.68 bits per heavy atom. The molecule has 2 aromatic rings. The minimum atomic E-state index is 0.312. The second-order valence-electron chi connectivity index (χ2n) is 5.75. The van der Waals surface area contributed by atoms with Gasteiger partial charge in [0.05, 0.1) is 5.69 Å². The van der Waals surface area contributed by atoms with Crippen LogP contribution in [0.25, 0.3) is 17.3 Å². The first-order chi connectivity index (χ1) is 9.15. The summed E-state index contributed by atoms with van der Waals surface area (Å²) in [4.78, 5) is 4.52. The molecule has 1 aliphatic rings. The zero-order valence-electron chi connectivity index (χ0n) is 11.6. The van der Waals surface area contributed by atoms with E-state index in [1.807, 2.05) is 24.4 Å². The van der Waals surface area contributed by atoms with E-state index in [4.69, 9.17) is 0 Å². The molecular weight excluding hydrogens is 230 g/mol. The average Bonchev–Trinajstić information content (AvgIpc) is 3.08. The van der Waals surface area contributed by atoms with Crippen LogP contribution >= 0.6 is 0 Å². The lowest BCUT2D eigenvalue weighted by Crippen LogP contribution is -2.06. The zero-order chi connectivity index (χ0) is 13.5. The summed E-state index contributed by atoms with van der Waals surface area (Å²) < 4.78 is 0. The van der Waals surface area contributed by atoms with E-state index in [9.17, 15) is 0 Å². The van der Waals surface area contributed by atoms with Crippen LogP contribution in [0, 0.1) is 5.92 Å². The fourth-order valence-corrected chi connectivity index (χ4v) is 2.87. The van der Waals surface area contributed by atoms with Gasteiger partial charge in [-0.2, -0.15) is 0 Å². The Balaban J connectivity index is 2.18. The van der Waals surface area contributed by atoms with E-state index in [-0.39, 0.29) is 0 Å². The predicted molar refractivity (Wildman–Crippen MR) is 80.9 cm³/mol. The molecule has 1 saturated carbocycles. The maximum Gasteiger partial charge on any atom is 0.0705 e. The topological polar surface area (TPSA) is 12.9 Å². The van der Waals surface area contributed by atoms with E-state index >= 15 is 0 Å². The lowest BCUT2D eigenvalue weighted by Gasteiger charge is -2.17. The van der Waals surface area contributed by atoms with Crippen LogP contribution in [0.3, 0.4) is 0 Å². The molecule has 3 rings (SSSR count). The number of benzene rings is 1. The first kappa shape index (κ1) is 12.2. The van der Waals surface area contributed by atoms with Crippen LogP contribution in [-0.4, -0.2) is 4.98 Å². The Labute approximate surface area is 115 Å². The molecule has 1 aliphatic carbocycles. The minimum Gasteiger partial charge on any atom is -0.256 e. The van der Waals surface area contributed by atoms with Crippen molar-refractivity contribution in [3.8, 4) is 11.3 Å². The van der Waals surface area contributed by atoms with Gasteiger partial charge in [0, 0.05) is 11.8 Å². The normalized spacial score (nSPS) is 25.1. The smallest absolute Gasteiger partial charge is 0.0705 e. The van der Waals surface area contributed by atoms with Gasteiger partial charge in [-0.05, 0) is 47.1 Å². The molecule has 1 aromatic carbocycles. The molecule has 19 heavy (non-hydrogen) atoms. The zero-order valence-corrected chi connectivity index (χ0v) is 11.6. The molecule has 0 aliphatic heterocycles. The van der Waals surface area contributed by atoms with Gasteiger partial charge in [0.15, 0.2) is 0 Å². The van der Waals surface area contributed by atoms with Crippen LogP contribution in [0.5, 0.6) is 0 Å². The van der Waals surface area contributed by atoms with E-state index in [0.717, 1.165) is 17.2 Å². The molecule has 96 valence electrons. The third kappa shape index (κ3) is 1.99. The van der Waals surface area contributed by atoms with Gasteiger partial charge in [0.1, 0.15) is 0 Å². The molecule has 1 heteroatoms. The fraction of sp³-hybridized carbons (Fsp3) is 0.278. The second kappa shape index (κ2) is 4.34. The summed E-state index contributed by atoms with van der Waals surface area (Å²) in [6.45, 7) is 8.54. The molecule has 1 aromatic heterocycles. The van der Waals surface area contributed by atoms with Gasteiger partial charge in [-0.25, -0.2) is 0 Å². The number of pyridine rings is 1. The summed E-state index contributed by atoms with van der Waals surface area (Å²) in [6.07, 6.45) is 5.02. The van der Waals surface area contributed by atoms with E-state index in [1.54, 1.807) is 0 Å². The van der Waals surface area contributed by atoms with Crippen molar-refractivity contribution in [2.24, 2.45) is 5.92 Å². The molecule has 1 heterocycles. The van der Waals surface area contributed by atoms with Gasteiger partial charge in [0.25, 0.3) is 0 Å². The lowest BCUT2D eigenvalue weighted by molar-refractivity contribution is 0.703. The fourth-order valence-electron chi connectivity index (χ4n) is 2.87. The van der Waals surface area contributed by atoms with Crippen molar-refractivity contribution in [1.29, 1.82) is 0 Å². The number of hydrogen-bond acceptors (Lipinski definition) is 1. The first-order valence-electron chi connectivity index (χ1n) is 6.83. The van der Waals surface area contributed by atoms with E-state index in [1.165, 1.54) is 17.5 Å². The highest BCUT2D eigenvalue weighted by Crippen LogP contribution is 2.55. The number of aromatic nitrogens is 1. The van der Waals surface area contributed by atoms with E-state index < -0.39 is 0 Å². The summed E-state index contributed by atoms with van der Waals surface area (Å²) in [5.41, 5.74) is 5.20. The molecule has 1 nitrogen and oxygen atoms in total. The predicted octanol–water partition coefficient (Wildman–Crippen LogP) is 4.69. The summed E-state index contributed by atoms with van der Waals surface area (Å²) in [5, 5.41) is 0. The Kier molecular flexibility index (Phi) is 2.78. The monoisotopic (exact) mass is 249 g/mol. The van der Waals surface area contributed by atoms with Crippen LogP contribution in [0.4, 0.5) is 0 Å². The Bertz CT molecular complexity index is 615. The summed E-state index contributed by atoms with van der Waals surface area (Å²) >= 11 is 0. The van der Waals surface area contributed by atoms with Crippen LogP contribution in [-0.2, 0) is 5.41 Å². The summed E-state index contributed by atoms with van der Waals surface area (Å²) in [6, 6.07) is 12.7. The summed E-state index contributed by atoms with van der Waals surface area (Å²) in [5.74, 6) is 0.754. The van der Waals surface area contributed by atoms with Crippen molar-refractivity contribution >= 4 is 6.08 Å². The highest BCUT2D eigenvalue weighted by Gasteiger charge is 2.48. The average molecular weight is 249 g/mol. The largest absolute Gasteiger partial charge is 0.256 e. The third-order valence-electron chi connectivity index (χ3n) is 4.49. The number of rotatable bonds is 3. The molecule has 0 N–H and O–H groups in total. The molecule has 0 spiro atoms.